The number of cyclic esters (lactones) is 1. The van der Waals surface area contributed by atoms with Gasteiger partial charge in [0, 0.05) is 16.6 Å². The molecule has 39 heavy (non-hydrogen) atoms. The first-order valence-corrected chi connectivity index (χ1v) is 13.1. The van der Waals surface area contributed by atoms with Crippen LogP contribution in [0.25, 0.3) is 0 Å². The van der Waals surface area contributed by atoms with Crippen LogP contribution in [-0.4, -0.2) is 94.1 Å². The van der Waals surface area contributed by atoms with Gasteiger partial charge in [-0.1, -0.05) is 13.8 Å². The van der Waals surface area contributed by atoms with Crippen molar-refractivity contribution in [1.29, 1.82) is 0 Å². The van der Waals surface area contributed by atoms with Gasteiger partial charge in [0.05, 0.1) is 44.4 Å². The minimum atomic E-state index is -1.68. The van der Waals surface area contributed by atoms with Gasteiger partial charge in [-0.2, -0.15) is 0 Å². The molecule has 1 aromatic heterocycles. The summed E-state index contributed by atoms with van der Waals surface area (Å²) in [6.45, 7) is 3.11. The molecule has 3 heterocycles. The summed E-state index contributed by atoms with van der Waals surface area (Å²) in [5.41, 5.74) is -1.02. The molecule has 0 spiro atoms. The van der Waals surface area contributed by atoms with Gasteiger partial charge >= 0.3 is 11.9 Å². The molecule has 2 saturated heterocycles. The van der Waals surface area contributed by atoms with Gasteiger partial charge in [-0.05, 0) is 42.7 Å². The van der Waals surface area contributed by atoms with Crippen LogP contribution < -0.4 is 0 Å². The summed E-state index contributed by atoms with van der Waals surface area (Å²) in [5, 5.41) is 51.7. The van der Waals surface area contributed by atoms with Crippen molar-refractivity contribution in [2.75, 3.05) is 13.7 Å². The fourth-order valence-corrected chi connectivity index (χ4v) is 7.33. The third-order valence-corrected chi connectivity index (χ3v) is 9.49. The summed E-state index contributed by atoms with van der Waals surface area (Å²) in [5.74, 6) is -2.33. The van der Waals surface area contributed by atoms with Crippen LogP contribution in [0.15, 0.2) is 34.7 Å². The monoisotopic (exact) mass is 552 g/mol. The van der Waals surface area contributed by atoms with E-state index in [1.165, 1.54) is 25.7 Å². The highest BCUT2D eigenvalue weighted by atomic mass is 16.7. The Bertz CT molecular complexity index is 1100. The van der Waals surface area contributed by atoms with E-state index < -0.39 is 90.2 Å². The molecule has 1 aromatic rings. The summed E-state index contributed by atoms with van der Waals surface area (Å²) >= 11 is 0. The third kappa shape index (κ3) is 4.42. The lowest BCUT2D eigenvalue weighted by atomic mass is 9.44. The van der Waals surface area contributed by atoms with Crippen molar-refractivity contribution in [3.8, 4) is 0 Å². The molecule has 5 rings (SSSR count). The Morgan fingerprint density at radius 3 is 2.51 bits per heavy atom. The molecule has 0 radical (unpaired) electrons. The zero-order valence-electron chi connectivity index (χ0n) is 22.0. The number of carbonyl (C=O) groups is 2. The maximum Gasteiger partial charge on any atom is 0.334 e. The zero-order chi connectivity index (χ0) is 28.3. The van der Waals surface area contributed by atoms with Crippen LogP contribution >= 0.6 is 0 Å². The molecule has 3 fully saturated rings. The molecule has 0 aromatic carbocycles. The van der Waals surface area contributed by atoms with Gasteiger partial charge in [-0.15, -0.1) is 0 Å². The molecule has 216 valence electrons. The quantitative estimate of drug-likeness (QED) is 0.308. The molecule has 2 aliphatic heterocycles. The lowest BCUT2D eigenvalue weighted by Gasteiger charge is -2.62. The lowest BCUT2D eigenvalue weighted by Crippen LogP contribution is -2.65. The van der Waals surface area contributed by atoms with Crippen molar-refractivity contribution in [2.45, 2.75) is 82.1 Å². The largest absolute Gasteiger partial charge is 0.472 e. The van der Waals surface area contributed by atoms with E-state index in [1.807, 2.05) is 6.92 Å². The second-order valence-electron chi connectivity index (χ2n) is 11.5. The van der Waals surface area contributed by atoms with Crippen LogP contribution in [0.2, 0.25) is 0 Å². The standard InChI is InChI=1S/C27H36O12/c1-26-9-16(12-4-5-36-11-12)37-24(34)14(26)8-19(39-25-22(32)21(31)20(30)17(10-28)38-25)27(2)15(23(33)35-3)6-13(29)7-18(26)27/h4-6,11,13-14,16-22,25,28-32H,7-10H2,1-3H3. The molecular weight excluding hydrogens is 516 g/mol. The molecule has 12 heteroatoms. The highest BCUT2D eigenvalue weighted by Gasteiger charge is 2.66. The van der Waals surface area contributed by atoms with Gasteiger partial charge < -0.3 is 48.9 Å². The Morgan fingerprint density at radius 2 is 1.87 bits per heavy atom. The highest BCUT2D eigenvalue weighted by molar-refractivity contribution is 5.91. The number of fused-ring (bicyclic) bond motifs is 3. The molecule has 5 N–H and O–H groups in total. The molecule has 2 aliphatic carbocycles. The minimum Gasteiger partial charge on any atom is -0.472 e. The van der Waals surface area contributed by atoms with Crippen LogP contribution in [-0.2, 0) is 28.5 Å². The molecule has 12 unspecified atom stereocenters. The second kappa shape index (κ2) is 10.3. The van der Waals surface area contributed by atoms with E-state index in [1.54, 1.807) is 13.0 Å². The van der Waals surface area contributed by atoms with E-state index in [0.29, 0.717) is 12.0 Å². The van der Waals surface area contributed by atoms with E-state index in [-0.39, 0.29) is 18.4 Å². The maximum absolute atomic E-state index is 13.5. The number of hydrogen-bond donors (Lipinski definition) is 5. The summed E-state index contributed by atoms with van der Waals surface area (Å²) in [6.07, 6.45) is -5.02. The van der Waals surface area contributed by atoms with E-state index in [4.69, 9.17) is 23.4 Å². The van der Waals surface area contributed by atoms with Crippen molar-refractivity contribution in [1.82, 2.24) is 0 Å². The molecular formula is C27H36O12. The summed E-state index contributed by atoms with van der Waals surface area (Å²) < 4.78 is 28.0. The number of esters is 2. The van der Waals surface area contributed by atoms with Gasteiger partial charge in [0.25, 0.3) is 0 Å². The average Bonchev–Trinajstić information content (AvgIpc) is 3.45. The number of hydrogen-bond acceptors (Lipinski definition) is 12. The van der Waals surface area contributed by atoms with Gasteiger partial charge in [-0.25, -0.2) is 4.79 Å². The summed E-state index contributed by atoms with van der Waals surface area (Å²) in [6, 6.07) is 1.73. The SMILES string of the molecule is COC(=O)C1=CC(O)CC2C3(C)CC(c4ccoc4)OC(=O)C3CC(OC3OC(CO)C(O)C(O)C3O)C12C. The number of rotatable bonds is 5. The molecule has 12 atom stereocenters. The van der Waals surface area contributed by atoms with Gasteiger partial charge in [0.1, 0.15) is 30.5 Å². The van der Waals surface area contributed by atoms with Crippen LogP contribution in [0.5, 0.6) is 0 Å². The van der Waals surface area contributed by atoms with Crippen LogP contribution in [0.3, 0.4) is 0 Å². The zero-order valence-corrected chi connectivity index (χ0v) is 22.0. The first kappa shape index (κ1) is 28.2. The van der Waals surface area contributed by atoms with Crippen LogP contribution in [0.1, 0.15) is 44.8 Å². The van der Waals surface area contributed by atoms with Gasteiger partial charge in [0.15, 0.2) is 6.29 Å². The first-order valence-electron chi connectivity index (χ1n) is 13.1. The Labute approximate surface area is 225 Å². The average molecular weight is 553 g/mol. The van der Waals surface area contributed by atoms with Crippen molar-refractivity contribution in [3.63, 3.8) is 0 Å². The van der Waals surface area contributed by atoms with E-state index in [2.05, 4.69) is 0 Å². The molecule has 0 amide bonds. The third-order valence-electron chi connectivity index (χ3n) is 9.49. The number of ether oxygens (including phenoxy) is 4. The summed E-state index contributed by atoms with van der Waals surface area (Å²) in [4.78, 5) is 26.6. The fourth-order valence-electron chi connectivity index (χ4n) is 7.33. The van der Waals surface area contributed by atoms with Crippen molar-refractivity contribution in [2.24, 2.45) is 22.7 Å². The van der Waals surface area contributed by atoms with Crippen molar-refractivity contribution >= 4 is 11.9 Å². The second-order valence-corrected chi connectivity index (χ2v) is 11.5. The predicted molar refractivity (Wildman–Crippen MR) is 129 cm³/mol. The fraction of sp³-hybridized carbons (Fsp3) is 0.704. The number of carbonyl (C=O) groups excluding carboxylic acids is 2. The number of aliphatic hydroxyl groups is 5. The molecule has 1 saturated carbocycles. The Hall–Kier alpha value is -2.32. The summed E-state index contributed by atoms with van der Waals surface area (Å²) in [7, 11) is 1.23. The Morgan fingerprint density at radius 1 is 1.13 bits per heavy atom. The molecule has 0 bridgehead atoms. The Kier molecular flexibility index (Phi) is 7.42. The number of aliphatic hydroxyl groups excluding tert-OH is 5. The predicted octanol–water partition coefficient (Wildman–Crippen LogP) is -0.0346. The normalized spacial score (nSPS) is 45.9. The van der Waals surface area contributed by atoms with E-state index in [9.17, 15) is 35.1 Å². The molecule has 12 nitrogen and oxygen atoms in total. The Balaban J connectivity index is 1.56. The van der Waals surface area contributed by atoms with Crippen molar-refractivity contribution in [3.05, 3.63) is 35.8 Å². The van der Waals surface area contributed by atoms with Crippen LogP contribution in [0, 0.1) is 22.7 Å². The first-order chi connectivity index (χ1) is 18.4. The van der Waals surface area contributed by atoms with E-state index in [0.717, 1.165) is 0 Å². The van der Waals surface area contributed by atoms with Crippen LogP contribution in [0.4, 0.5) is 0 Å². The maximum atomic E-state index is 13.5. The van der Waals surface area contributed by atoms with Gasteiger partial charge in [-0.3, -0.25) is 4.79 Å². The minimum absolute atomic E-state index is 0.0693. The van der Waals surface area contributed by atoms with Crippen molar-refractivity contribution < 1.29 is 58.5 Å². The lowest BCUT2D eigenvalue weighted by molar-refractivity contribution is -0.329. The smallest absolute Gasteiger partial charge is 0.334 e. The van der Waals surface area contributed by atoms with Gasteiger partial charge in [0.2, 0.25) is 0 Å². The number of methoxy groups -OCH3 is 1. The van der Waals surface area contributed by atoms with E-state index >= 15 is 0 Å². The highest BCUT2D eigenvalue weighted by Crippen LogP contribution is 2.65. The number of furan rings is 1. The molecule has 4 aliphatic rings. The topological polar surface area (TPSA) is 185 Å².